The van der Waals surface area contributed by atoms with Gasteiger partial charge in [-0.15, -0.1) is 0 Å². The highest BCUT2D eigenvalue weighted by Crippen LogP contribution is 2.39. The summed E-state index contributed by atoms with van der Waals surface area (Å²) in [4.78, 5) is 0. The van der Waals surface area contributed by atoms with Crippen LogP contribution in [0.1, 0.15) is 129 Å². The molecule has 0 aromatic heterocycles. The second-order valence-electron chi connectivity index (χ2n) is 8.52. The fourth-order valence-electron chi connectivity index (χ4n) is 3.94. The number of allylic oxidation sites excluding steroid dienone is 2. The molecular formula is C25H47BrO. The highest BCUT2D eigenvalue weighted by Gasteiger charge is 2.25. The zero-order valence-corrected chi connectivity index (χ0v) is 20.1. The van der Waals surface area contributed by atoms with E-state index in [-0.39, 0.29) is 0 Å². The Morgan fingerprint density at radius 2 is 1.26 bits per heavy atom. The molecule has 1 aliphatic carbocycles. The lowest BCUT2D eigenvalue weighted by molar-refractivity contribution is 0.160. The van der Waals surface area contributed by atoms with Crippen LogP contribution in [0.2, 0.25) is 0 Å². The van der Waals surface area contributed by atoms with Gasteiger partial charge in [-0.2, -0.15) is 0 Å². The highest BCUT2D eigenvalue weighted by atomic mass is 79.9. The number of hydrogen-bond donors (Lipinski definition) is 0. The van der Waals surface area contributed by atoms with E-state index >= 15 is 0 Å². The molecule has 0 aliphatic heterocycles. The molecule has 1 unspecified atom stereocenters. The average Bonchev–Trinajstić information content (AvgIpc) is 3.51. The Hall–Kier alpha value is 0.0200. The fourth-order valence-corrected chi connectivity index (χ4v) is 4.34. The van der Waals surface area contributed by atoms with Crippen molar-refractivity contribution >= 4 is 15.9 Å². The summed E-state index contributed by atoms with van der Waals surface area (Å²) in [7, 11) is 0. The smallest absolute Gasteiger partial charge is 0.0982 e. The summed E-state index contributed by atoms with van der Waals surface area (Å²) in [6, 6.07) is 0. The predicted octanol–water partition coefficient (Wildman–Crippen LogP) is 9.34. The fraction of sp³-hybridized carbons (Fsp3) is 0.920. The van der Waals surface area contributed by atoms with Crippen LogP contribution in [0.3, 0.4) is 0 Å². The van der Waals surface area contributed by atoms with E-state index in [1.165, 1.54) is 121 Å². The third-order valence-corrected chi connectivity index (χ3v) is 6.38. The van der Waals surface area contributed by atoms with Gasteiger partial charge in [0, 0.05) is 11.2 Å². The minimum atomic E-state index is 0.716. The molecule has 1 fully saturated rings. The van der Waals surface area contributed by atoms with E-state index < -0.39 is 0 Å². The summed E-state index contributed by atoms with van der Waals surface area (Å²) in [6.07, 6.45) is 24.4. The van der Waals surface area contributed by atoms with Crippen molar-refractivity contribution in [2.45, 2.75) is 129 Å². The molecular weight excluding hydrogens is 396 g/mol. The van der Waals surface area contributed by atoms with Crippen molar-refractivity contribution in [3.63, 3.8) is 0 Å². The highest BCUT2D eigenvalue weighted by molar-refractivity contribution is 9.09. The Labute approximate surface area is 179 Å². The number of alkyl halides is 1. The average molecular weight is 444 g/mol. The third kappa shape index (κ3) is 13.8. The Bertz CT molecular complexity index is 357. The molecule has 1 saturated carbocycles. The first-order chi connectivity index (χ1) is 13.3. The Balaban J connectivity index is 2.39. The summed E-state index contributed by atoms with van der Waals surface area (Å²) < 4.78 is 6.43. The van der Waals surface area contributed by atoms with E-state index in [1.54, 1.807) is 5.57 Å². The minimum Gasteiger partial charge on any atom is -0.498 e. The number of unbranched alkanes of at least 4 members (excludes halogenated alkanes) is 11. The largest absolute Gasteiger partial charge is 0.498 e. The second kappa shape index (κ2) is 18.1. The van der Waals surface area contributed by atoms with Crippen molar-refractivity contribution in [1.82, 2.24) is 0 Å². The lowest BCUT2D eigenvalue weighted by atomic mass is 9.92. The van der Waals surface area contributed by atoms with E-state index in [9.17, 15) is 0 Å². The SMILES string of the molecule is CCCCCCCCC(CCCCCC)C(OCCCCCCBr)=C1CC1. The van der Waals surface area contributed by atoms with Gasteiger partial charge in [0.25, 0.3) is 0 Å². The van der Waals surface area contributed by atoms with E-state index in [0.717, 1.165) is 11.9 Å². The summed E-state index contributed by atoms with van der Waals surface area (Å²) in [5.74, 6) is 2.16. The summed E-state index contributed by atoms with van der Waals surface area (Å²) >= 11 is 3.53. The van der Waals surface area contributed by atoms with E-state index in [2.05, 4.69) is 29.8 Å². The maximum absolute atomic E-state index is 6.43. The van der Waals surface area contributed by atoms with Crippen LogP contribution in [-0.2, 0) is 4.74 Å². The van der Waals surface area contributed by atoms with Crippen LogP contribution in [-0.4, -0.2) is 11.9 Å². The van der Waals surface area contributed by atoms with E-state index in [4.69, 9.17) is 4.74 Å². The van der Waals surface area contributed by atoms with Crippen LogP contribution in [0.15, 0.2) is 11.3 Å². The monoisotopic (exact) mass is 442 g/mol. The Morgan fingerprint density at radius 3 is 1.85 bits per heavy atom. The molecule has 160 valence electrons. The van der Waals surface area contributed by atoms with Crippen molar-refractivity contribution < 1.29 is 4.74 Å². The quantitative estimate of drug-likeness (QED) is 0.103. The summed E-state index contributed by atoms with van der Waals surface area (Å²) in [5, 5.41) is 1.14. The second-order valence-corrected chi connectivity index (χ2v) is 9.32. The van der Waals surface area contributed by atoms with E-state index in [0.29, 0.717) is 5.92 Å². The molecule has 1 aliphatic rings. The van der Waals surface area contributed by atoms with Crippen molar-refractivity contribution in [1.29, 1.82) is 0 Å². The van der Waals surface area contributed by atoms with Gasteiger partial charge in [-0.25, -0.2) is 0 Å². The van der Waals surface area contributed by atoms with Gasteiger partial charge < -0.3 is 4.74 Å². The summed E-state index contributed by atoms with van der Waals surface area (Å²) in [5.41, 5.74) is 1.65. The molecule has 0 aromatic carbocycles. The normalized spacial score (nSPS) is 14.4. The molecule has 0 N–H and O–H groups in total. The first kappa shape index (κ1) is 25.1. The molecule has 0 radical (unpaired) electrons. The molecule has 0 amide bonds. The molecule has 0 bridgehead atoms. The van der Waals surface area contributed by atoms with Crippen molar-refractivity contribution in [3.05, 3.63) is 11.3 Å². The van der Waals surface area contributed by atoms with Gasteiger partial charge in [0.2, 0.25) is 0 Å². The van der Waals surface area contributed by atoms with Crippen molar-refractivity contribution in [2.24, 2.45) is 5.92 Å². The molecule has 0 saturated heterocycles. The zero-order valence-electron chi connectivity index (χ0n) is 18.5. The van der Waals surface area contributed by atoms with Gasteiger partial charge in [-0.1, -0.05) is 107 Å². The third-order valence-electron chi connectivity index (χ3n) is 5.82. The molecule has 0 spiro atoms. The van der Waals surface area contributed by atoms with Crippen molar-refractivity contribution in [2.75, 3.05) is 11.9 Å². The van der Waals surface area contributed by atoms with Gasteiger partial charge in [-0.05, 0) is 44.1 Å². The first-order valence-electron chi connectivity index (χ1n) is 12.2. The number of rotatable bonds is 20. The molecule has 0 aromatic rings. The lowest BCUT2D eigenvalue weighted by Gasteiger charge is -2.22. The van der Waals surface area contributed by atoms with Gasteiger partial charge in [0.1, 0.15) is 0 Å². The lowest BCUT2D eigenvalue weighted by Crippen LogP contribution is -2.10. The van der Waals surface area contributed by atoms with Gasteiger partial charge in [0.15, 0.2) is 0 Å². The molecule has 0 heterocycles. The number of hydrogen-bond acceptors (Lipinski definition) is 1. The zero-order chi connectivity index (χ0) is 19.6. The van der Waals surface area contributed by atoms with Crippen LogP contribution >= 0.6 is 15.9 Å². The molecule has 27 heavy (non-hydrogen) atoms. The Morgan fingerprint density at radius 1 is 0.741 bits per heavy atom. The maximum Gasteiger partial charge on any atom is 0.0982 e. The van der Waals surface area contributed by atoms with Crippen LogP contribution in [0, 0.1) is 5.92 Å². The van der Waals surface area contributed by atoms with Crippen LogP contribution in [0.25, 0.3) is 0 Å². The van der Waals surface area contributed by atoms with E-state index in [1.807, 2.05) is 0 Å². The number of ether oxygens (including phenoxy) is 1. The number of halogens is 1. The Kier molecular flexibility index (Phi) is 16.8. The molecule has 1 atom stereocenters. The minimum absolute atomic E-state index is 0.716. The van der Waals surface area contributed by atoms with Gasteiger partial charge >= 0.3 is 0 Å². The van der Waals surface area contributed by atoms with Crippen LogP contribution in [0.5, 0.6) is 0 Å². The molecule has 2 heteroatoms. The standard InChI is InChI=1S/C25H47BrO/c1-3-5-7-9-10-14-18-23(17-13-8-6-4-2)25(24-19-20-24)27-22-16-12-11-15-21-26/h23H,3-22H2,1-2H3. The first-order valence-corrected chi connectivity index (χ1v) is 13.4. The van der Waals surface area contributed by atoms with Gasteiger partial charge in [0.05, 0.1) is 12.4 Å². The van der Waals surface area contributed by atoms with Crippen LogP contribution in [0.4, 0.5) is 0 Å². The van der Waals surface area contributed by atoms with Gasteiger partial charge in [-0.3, -0.25) is 0 Å². The maximum atomic E-state index is 6.43. The van der Waals surface area contributed by atoms with Crippen molar-refractivity contribution in [3.8, 4) is 0 Å². The molecule has 1 rings (SSSR count). The summed E-state index contributed by atoms with van der Waals surface area (Å²) in [6.45, 7) is 5.56. The topological polar surface area (TPSA) is 9.23 Å². The van der Waals surface area contributed by atoms with Crippen LogP contribution < -0.4 is 0 Å². The molecule has 1 nitrogen and oxygen atoms in total. The predicted molar refractivity (Wildman–Crippen MR) is 125 cm³/mol.